The Kier molecular flexibility index (Phi) is 3.90. The Morgan fingerprint density at radius 2 is 2.27 bits per heavy atom. The van der Waals surface area contributed by atoms with E-state index in [0.717, 1.165) is 10.2 Å². The number of amides is 1. The second-order valence-corrected chi connectivity index (χ2v) is 3.89. The summed E-state index contributed by atoms with van der Waals surface area (Å²) in [5, 5.41) is 0. The number of rotatable bonds is 4. The maximum atomic E-state index is 10.9. The number of primary amides is 1. The van der Waals surface area contributed by atoms with E-state index < -0.39 is 0 Å². The smallest absolute Gasteiger partial charge is 0.236 e. The van der Waals surface area contributed by atoms with Gasteiger partial charge in [0.1, 0.15) is 0 Å². The van der Waals surface area contributed by atoms with Gasteiger partial charge in [0.05, 0.1) is 28.6 Å². The van der Waals surface area contributed by atoms with Crippen molar-refractivity contribution in [2.45, 2.75) is 6.92 Å². The van der Waals surface area contributed by atoms with Crippen LogP contribution in [0, 0.1) is 0 Å². The molecule has 4 N–H and O–H groups in total. The predicted molar refractivity (Wildman–Crippen MR) is 63.4 cm³/mol. The molecule has 0 aliphatic heterocycles. The molecule has 0 bridgehead atoms. The average Bonchev–Trinajstić information content (AvgIpc) is 2.15. The van der Waals surface area contributed by atoms with Gasteiger partial charge in [0.2, 0.25) is 5.91 Å². The third kappa shape index (κ3) is 2.82. The van der Waals surface area contributed by atoms with Crippen LogP contribution in [0.15, 0.2) is 16.9 Å². The van der Waals surface area contributed by atoms with Crippen LogP contribution in [0.1, 0.15) is 6.92 Å². The molecule has 0 fully saturated rings. The number of carbonyl (C=O) groups excluding carboxylic acids is 1. The van der Waals surface area contributed by atoms with Crippen LogP contribution in [0.3, 0.4) is 0 Å². The van der Waals surface area contributed by atoms with Crippen LogP contribution in [0.25, 0.3) is 0 Å². The van der Waals surface area contributed by atoms with Gasteiger partial charge in [-0.1, -0.05) is 0 Å². The zero-order valence-electron chi connectivity index (χ0n) is 8.40. The van der Waals surface area contributed by atoms with Gasteiger partial charge < -0.3 is 16.4 Å². The third-order valence-corrected chi connectivity index (χ3v) is 2.53. The summed E-state index contributed by atoms with van der Waals surface area (Å²) in [7, 11) is 0. The van der Waals surface area contributed by atoms with E-state index in [-0.39, 0.29) is 12.5 Å². The van der Waals surface area contributed by atoms with E-state index in [0.29, 0.717) is 12.2 Å². The molecule has 1 rings (SSSR count). The zero-order valence-corrected chi connectivity index (χ0v) is 9.99. The average molecular weight is 273 g/mol. The number of hydrogen-bond donors (Lipinski definition) is 2. The highest BCUT2D eigenvalue weighted by molar-refractivity contribution is 9.10. The zero-order chi connectivity index (χ0) is 11.4. The fraction of sp³-hybridized carbons (Fsp3) is 0.333. The van der Waals surface area contributed by atoms with E-state index in [1.54, 1.807) is 17.3 Å². The molecule has 0 aliphatic rings. The van der Waals surface area contributed by atoms with E-state index in [1.807, 2.05) is 6.92 Å². The summed E-state index contributed by atoms with van der Waals surface area (Å²) in [5.74, 6) is -0.389. The summed E-state index contributed by atoms with van der Waals surface area (Å²) >= 11 is 3.34. The van der Waals surface area contributed by atoms with Crippen molar-refractivity contribution in [3.8, 4) is 0 Å². The van der Waals surface area contributed by atoms with Crippen molar-refractivity contribution in [3.63, 3.8) is 0 Å². The van der Waals surface area contributed by atoms with E-state index in [2.05, 4.69) is 20.9 Å². The highest BCUT2D eigenvalue weighted by Crippen LogP contribution is 2.30. The summed E-state index contributed by atoms with van der Waals surface area (Å²) in [6.07, 6.45) is 3.18. The Morgan fingerprint density at radius 1 is 1.60 bits per heavy atom. The summed E-state index contributed by atoms with van der Waals surface area (Å²) in [6.45, 7) is 2.72. The third-order valence-electron chi connectivity index (χ3n) is 1.95. The van der Waals surface area contributed by atoms with E-state index >= 15 is 0 Å². The SMILES string of the molecule is CCN(CC(N)=O)c1c(N)cncc1Br. The first kappa shape index (κ1) is 11.8. The summed E-state index contributed by atoms with van der Waals surface area (Å²) in [4.78, 5) is 16.6. The molecule has 1 amide bonds. The second-order valence-electron chi connectivity index (χ2n) is 3.04. The van der Waals surface area contributed by atoms with E-state index in [9.17, 15) is 4.79 Å². The number of likely N-dealkylation sites (N-methyl/N-ethyl adjacent to an activating group) is 1. The number of pyridine rings is 1. The molecule has 15 heavy (non-hydrogen) atoms. The second kappa shape index (κ2) is 4.97. The number of halogens is 1. The van der Waals surface area contributed by atoms with Crippen molar-refractivity contribution < 1.29 is 4.79 Å². The standard InChI is InChI=1S/C9H13BrN4O/c1-2-14(5-8(12)15)9-6(10)3-13-4-7(9)11/h3-4H,2,5,11H2,1H3,(H2,12,15). The molecule has 1 aromatic heterocycles. The van der Waals surface area contributed by atoms with Gasteiger partial charge in [-0.25, -0.2) is 0 Å². The van der Waals surface area contributed by atoms with Gasteiger partial charge in [-0.15, -0.1) is 0 Å². The lowest BCUT2D eigenvalue weighted by atomic mass is 10.3. The number of nitrogens with zero attached hydrogens (tertiary/aromatic N) is 2. The van der Waals surface area contributed by atoms with E-state index in [4.69, 9.17) is 11.5 Å². The summed E-state index contributed by atoms with van der Waals surface area (Å²) in [6, 6.07) is 0. The van der Waals surface area contributed by atoms with Crippen molar-refractivity contribution >= 4 is 33.2 Å². The first-order valence-corrected chi connectivity index (χ1v) is 5.27. The predicted octanol–water partition coefficient (Wildman–Crippen LogP) is 0.738. The van der Waals surface area contributed by atoms with Crippen LogP contribution in [-0.4, -0.2) is 24.0 Å². The van der Waals surface area contributed by atoms with Crippen LogP contribution >= 0.6 is 15.9 Å². The first-order chi connectivity index (χ1) is 7.06. The Hall–Kier alpha value is -1.30. The van der Waals surface area contributed by atoms with Crippen molar-refractivity contribution in [1.29, 1.82) is 0 Å². The molecule has 0 aromatic carbocycles. The summed E-state index contributed by atoms with van der Waals surface area (Å²) in [5.41, 5.74) is 12.2. The lowest BCUT2D eigenvalue weighted by Gasteiger charge is -2.23. The van der Waals surface area contributed by atoms with Crippen molar-refractivity contribution in [1.82, 2.24) is 4.98 Å². The lowest BCUT2D eigenvalue weighted by Crippen LogP contribution is -2.34. The molecule has 0 atom stereocenters. The molecule has 0 radical (unpaired) electrons. The Morgan fingerprint density at radius 3 is 2.73 bits per heavy atom. The molecular weight excluding hydrogens is 260 g/mol. The van der Waals surface area contributed by atoms with Crippen LogP contribution in [0.4, 0.5) is 11.4 Å². The molecule has 6 heteroatoms. The number of hydrogen-bond acceptors (Lipinski definition) is 4. The maximum absolute atomic E-state index is 10.9. The fourth-order valence-corrected chi connectivity index (χ4v) is 1.91. The van der Waals surface area contributed by atoms with Crippen LogP contribution in [0.5, 0.6) is 0 Å². The number of nitrogens with two attached hydrogens (primary N) is 2. The van der Waals surface area contributed by atoms with Crippen LogP contribution in [-0.2, 0) is 4.79 Å². The van der Waals surface area contributed by atoms with Crippen molar-refractivity contribution in [3.05, 3.63) is 16.9 Å². The molecule has 0 saturated carbocycles. The quantitative estimate of drug-likeness (QED) is 0.847. The Balaban J connectivity index is 3.05. The van der Waals surface area contributed by atoms with Crippen LogP contribution in [0.2, 0.25) is 0 Å². The van der Waals surface area contributed by atoms with Gasteiger partial charge in [0.15, 0.2) is 0 Å². The highest BCUT2D eigenvalue weighted by Gasteiger charge is 2.13. The minimum absolute atomic E-state index is 0.142. The molecule has 1 heterocycles. The highest BCUT2D eigenvalue weighted by atomic mass is 79.9. The normalized spacial score (nSPS) is 10.0. The monoisotopic (exact) mass is 272 g/mol. The first-order valence-electron chi connectivity index (χ1n) is 4.48. The lowest BCUT2D eigenvalue weighted by molar-refractivity contribution is -0.116. The summed E-state index contributed by atoms with van der Waals surface area (Å²) < 4.78 is 0.755. The fourth-order valence-electron chi connectivity index (χ4n) is 1.31. The van der Waals surface area contributed by atoms with Gasteiger partial charge in [-0.2, -0.15) is 0 Å². The van der Waals surface area contributed by atoms with Gasteiger partial charge in [-0.05, 0) is 22.9 Å². The van der Waals surface area contributed by atoms with Gasteiger partial charge >= 0.3 is 0 Å². The number of anilines is 2. The van der Waals surface area contributed by atoms with Gasteiger partial charge in [0, 0.05) is 12.7 Å². The van der Waals surface area contributed by atoms with Crippen LogP contribution < -0.4 is 16.4 Å². The molecule has 0 aliphatic carbocycles. The topological polar surface area (TPSA) is 85.2 Å². The number of aromatic nitrogens is 1. The molecule has 5 nitrogen and oxygen atoms in total. The largest absolute Gasteiger partial charge is 0.396 e. The molecule has 1 aromatic rings. The molecular formula is C9H13BrN4O. The minimum atomic E-state index is -0.389. The molecule has 82 valence electrons. The minimum Gasteiger partial charge on any atom is -0.396 e. The van der Waals surface area contributed by atoms with Gasteiger partial charge in [-0.3, -0.25) is 9.78 Å². The number of carbonyl (C=O) groups is 1. The molecule has 0 unspecified atom stereocenters. The Labute approximate surface area is 96.6 Å². The Bertz CT molecular complexity index is 349. The van der Waals surface area contributed by atoms with Gasteiger partial charge in [0.25, 0.3) is 0 Å². The molecule has 0 spiro atoms. The van der Waals surface area contributed by atoms with Crippen molar-refractivity contribution in [2.24, 2.45) is 5.73 Å². The van der Waals surface area contributed by atoms with Crippen molar-refractivity contribution in [2.75, 3.05) is 23.7 Å². The number of nitrogen functional groups attached to an aromatic ring is 1. The van der Waals surface area contributed by atoms with E-state index in [1.165, 1.54) is 0 Å². The maximum Gasteiger partial charge on any atom is 0.236 e. The molecule has 0 saturated heterocycles.